The molecule has 3 aliphatic rings. The van der Waals surface area contributed by atoms with Crippen LogP contribution in [-0.2, 0) is 9.59 Å². The van der Waals surface area contributed by atoms with E-state index in [2.05, 4.69) is 11.8 Å². The van der Waals surface area contributed by atoms with Crippen LogP contribution in [0.15, 0.2) is 30.0 Å². The molecule has 1 aromatic rings. The molecule has 0 radical (unpaired) electrons. The lowest BCUT2D eigenvalue weighted by molar-refractivity contribution is -0.384. The van der Waals surface area contributed by atoms with Gasteiger partial charge in [0, 0.05) is 31.3 Å². The average Bonchev–Trinajstić information content (AvgIpc) is 2.90. The van der Waals surface area contributed by atoms with Crippen molar-refractivity contribution in [3.8, 4) is 0 Å². The zero-order valence-electron chi connectivity index (χ0n) is 17.5. The Hall–Kier alpha value is -2.70. The first-order valence-corrected chi connectivity index (χ1v) is 11.1. The number of imide groups is 1. The van der Waals surface area contributed by atoms with Crippen LogP contribution in [0, 0.1) is 16.0 Å². The van der Waals surface area contributed by atoms with Crippen LogP contribution >= 0.6 is 0 Å². The molecule has 160 valence electrons. The molecule has 0 atom stereocenters. The molecule has 0 bridgehead atoms. The van der Waals surface area contributed by atoms with E-state index in [4.69, 9.17) is 0 Å². The molecular formula is C23H29N3O4. The first-order chi connectivity index (χ1) is 14.5. The van der Waals surface area contributed by atoms with Gasteiger partial charge in [0.05, 0.1) is 10.5 Å². The predicted octanol–water partition coefficient (Wildman–Crippen LogP) is 4.13. The summed E-state index contributed by atoms with van der Waals surface area (Å²) in [5.41, 5.74) is 1.47. The smallest absolute Gasteiger partial charge is 0.278 e. The molecule has 2 heterocycles. The monoisotopic (exact) mass is 411 g/mol. The SMILES string of the molecule is CC1CCN(C2=C(c3ccc([N+](=O)[O-])cc3)C(=O)N(C3CCCCCC3)C2=O)CC1. The van der Waals surface area contributed by atoms with Crippen LogP contribution in [0.3, 0.4) is 0 Å². The van der Waals surface area contributed by atoms with E-state index in [-0.39, 0.29) is 23.5 Å². The normalized spacial score (nSPS) is 22.0. The highest BCUT2D eigenvalue weighted by atomic mass is 16.6. The number of nitrogens with zero attached hydrogens (tertiary/aromatic N) is 3. The van der Waals surface area contributed by atoms with Crippen molar-refractivity contribution in [3.63, 3.8) is 0 Å². The summed E-state index contributed by atoms with van der Waals surface area (Å²) in [4.78, 5) is 41.3. The molecular weight excluding hydrogens is 382 g/mol. The van der Waals surface area contributed by atoms with E-state index < -0.39 is 4.92 Å². The highest BCUT2D eigenvalue weighted by molar-refractivity contribution is 6.35. The van der Waals surface area contributed by atoms with Crippen LogP contribution < -0.4 is 0 Å². The lowest BCUT2D eigenvalue weighted by Gasteiger charge is -2.33. The van der Waals surface area contributed by atoms with Gasteiger partial charge in [-0.3, -0.25) is 24.6 Å². The van der Waals surface area contributed by atoms with Gasteiger partial charge >= 0.3 is 0 Å². The van der Waals surface area contributed by atoms with Crippen LogP contribution in [0.4, 0.5) is 5.69 Å². The molecule has 2 aliphatic heterocycles. The molecule has 2 amide bonds. The van der Waals surface area contributed by atoms with Gasteiger partial charge in [-0.15, -0.1) is 0 Å². The number of hydrogen-bond acceptors (Lipinski definition) is 5. The van der Waals surface area contributed by atoms with Crippen molar-refractivity contribution in [2.24, 2.45) is 5.92 Å². The summed E-state index contributed by atoms with van der Waals surface area (Å²) in [6, 6.07) is 5.96. The number of piperidine rings is 1. The minimum Gasteiger partial charge on any atom is -0.366 e. The number of carbonyl (C=O) groups excluding carboxylic acids is 2. The van der Waals surface area contributed by atoms with E-state index in [1.807, 2.05) is 0 Å². The number of hydrogen-bond donors (Lipinski definition) is 0. The van der Waals surface area contributed by atoms with E-state index in [1.165, 1.54) is 17.0 Å². The minimum absolute atomic E-state index is 0.0231. The van der Waals surface area contributed by atoms with E-state index in [0.29, 0.717) is 22.8 Å². The van der Waals surface area contributed by atoms with Crippen molar-refractivity contribution in [1.29, 1.82) is 0 Å². The lowest BCUT2D eigenvalue weighted by atomic mass is 9.97. The standard InChI is InChI=1S/C23H29N3O4/c1-16-12-14-24(15-13-16)21-20(17-8-10-19(11-9-17)26(29)30)22(27)25(23(21)28)18-6-4-2-3-5-7-18/h8-11,16,18H,2-7,12-15H2,1H3. The molecule has 1 saturated carbocycles. The fourth-order valence-corrected chi connectivity index (χ4v) is 4.92. The highest BCUT2D eigenvalue weighted by Gasteiger charge is 2.45. The zero-order chi connectivity index (χ0) is 21.3. The molecule has 0 N–H and O–H groups in total. The van der Waals surface area contributed by atoms with Crippen LogP contribution in [0.5, 0.6) is 0 Å². The molecule has 0 spiro atoms. The second-order valence-electron chi connectivity index (χ2n) is 8.82. The number of carbonyl (C=O) groups is 2. The van der Waals surface area contributed by atoms with Crippen molar-refractivity contribution in [2.75, 3.05) is 13.1 Å². The third-order valence-corrected chi connectivity index (χ3v) is 6.75. The van der Waals surface area contributed by atoms with Crippen LogP contribution in [-0.4, -0.2) is 45.7 Å². The summed E-state index contributed by atoms with van der Waals surface area (Å²) in [7, 11) is 0. The molecule has 30 heavy (non-hydrogen) atoms. The Bertz CT molecular complexity index is 861. The predicted molar refractivity (Wildman–Crippen MR) is 113 cm³/mol. The van der Waals surface area contributed by atoms with Crippen molar-refractivity contribution in [3.05, 3.63) is 45.6 Å². The first-order valence-electron chi connectivity index (χ1n) is 11.1. The third-order valence-electron chi connectivity index (χ3n) is 6.75. The Morgan fingerprint density at radius 2 is 1.50 bits per heavy atom. The summed E-state index contributed by atoms with van der Waals surface area (Å²) in [5, 5.41) is 11.0. The number of non-ortho nitro benzene ring substituents is 1. The van der Waals surface area contributed by atoms with E-state index in [9.17, 15) is 19.7 Å². The lowest BCUT2D eigenvalue weighted by Crippen LogP contribution is -2.43. The number of benzene rings is 1. The average molecular weight is 412 g/mol. The second-order valence-corrected chi connectivity index (χ2v) is 8.82. The largest absolute Gasteiger partial charge is 0.366 e. The summed E-state index contributed by atoms with van der Waals surface area (Å²) in [5.74, 6) is 0.180. The number of likely N-dealkylation sites (tertiary alicyclic amines) is 1. The van der Waals surface area contributed by atoms with Crippen molar-refractivity contribution < 1.29 is 14.5 Å². The van der Waals surface area contributed by atoms with E-state index in [1.54, 1.807) is 12.1 Å². The van der Waals surface area contributed by atoms with Crippen LogP contribution in [0.2, 0.25) is 0 Å². The minimum atomic E-state index is -0.454. The molecule has 7 heteroatoms. The maximum absolute atomic E-state index is 13.6. The van der Waals surface area contributed by atoms with Gasteiger partial charge in [-0.2, -0.15) is 0 Å². The molecule has 1 aromatic carbocycles. The van der Waals surface area contributed by atoms with Crippen molar-refractivity contribution in [1.82, 2.24) is 9.80 Å². The van der Waals surface area contributed by atoms with Gasteiger partial charge in [0.15, 0.2) is 0 Å². The Morgan fingerprint density at radius 1 is 0.900 bits per heavy atom. The van der Waals surface area contributed by atoms with Gasteiger partial charge in [0.2, 0.25) is 0 Å². The maximum atomic E-state index is 13.6. The zero-order valence-corrected chi connectivity index (χ0v) is 17.5. The number of nitro groups is 1. The Labute approximate surface area is 176 Å². The summed E-state index contributed by atoms with van der Waals surface area (Å²) in [6.45, 7) is 3.72. The maximum Gasteiger partial charge on any atom is 0.278 e. The third kappa shape index (κ3) is 3.85. The number of amides is 2. The van der Waals surface area contributed by atoms with E-state index >= 15 is 0 Å². The molecule has 2 fully saturated rings. The van der Waals surface area contributed by atoms with Crippen LogP contribution in [0.25, 0.3) is 5.57 Å². The molecule has 1 aliphatic carbocycles. The molecule has 4 rings (SSSR count). The summed E-state index contributed by atoms with van der Waals surface area (Å²) >= 11 is 0. The quantitative estimate of drug-likeness (QED) is 0.322. The Balaban J connectivity index is 1.72. The molecule has 7 nitrogen and oxygen atoms in total. The summed E-state index contributed by atoms with van der Waals surface area (Å²) < 4.78 is 0. The van der Waals surface area contributed by atoms with Crippen molar-refractivity contribution in [2.45, 2.75) is 64.3 Å². The van der Waals surface area contributed by atoms with Gasteiger partial charge < -0.3 is 4.90 Å². The molecule has 1 saturated heterocycles. The van der Waals surface area contributed by atoms with E-state index in [0.717, 1.165) is 64.5 Å². The summed E-state index contributed by atoms with van der Waals surface area (Å²) in [6.07, 6.45) is 8.04. The second kappa shape index (κ2) is 8.58. The molecule has 0 aromatic heterocycles. The van der Waals surface area contributed by atoms with Crippen molar-refractivity contribution >= 4 is 23.1 Å². The van der Waals surface area contributed by atoms with Gasteiger partial charge in [0.1, 0.15) is 5.70 Å². The van der Waals surface area contributed by atoms with Gasteiger partial charge in [-0.1, -0.05) is 32.6 Å². The Kier molecular flexibility index (Phi) is 5.88. The van der Waals surface area contributed by atoms with Crippen LogP contribution in [0.1, 0.15) is 63.9 Å². The fourth-order valence-electron chi connectivity index (χ4n) is 4.92. The first kappa shape index (κ1) is 20.6. The van der Waals surface area contributed by atoms with Gasteiger partial charge in [-0.05, 0) is 49.3 Å². The highest BCUT2D eigenvalue weighted by Crippen LogP contribution is 2.37. The van der Waals surface area contributed by atoms with Gasteiger partial charge in [0.25, 0.3) is 17.5 Å². The molecule has 0 unspecified atom stereocenters. The number of rotatable bonds is 4. The Morgan fingerprint density at radius 3 is 2.07 bits per heavy atom. The van der Waals surface area contributed by atoms with Gasteiger partial charge in [-0.25, -0.2) is 0 Å². The number of nitro benzene ring substituents is 1. The fraction of sp³-hybridized carbons (Fsp3) is 0.565. The topological polar surface area (TPSA) is 83.8 Å².